The number of nitrogens with zero attached hydrogens (tertiary/aromatic N) is 2. The van der Waals surface area contributed by atoms with Crippen LogP contribution in [0.2, 0.25) is 0 Å². The van der Waals surface area contributed by atoms with Crippen LogP contribution in [-0.2, 0) is 14.9 Å². The fraction of sp³-hybridized carbons (Fsp3) is 0.619. The van der Waals surface area contributed by atoms with Crippen LogP contribution in [0.4, 0.5) is 0 Å². The molecule has 0 bridgehead atoms. The molecule has 160 valence electrons. The molecule has 0 radical (unpaired) electrons. The highest BCUT2D eigenvalue weighted by Gasteiger charge is 2.36. The van der Waals surface area contributed by atoms with Crippen LogP contribution >= 0.6 is 0 Å². The Morgan fingerprint density at radius 3 is 2.55 bits per heavy atom. The second kappa shape index (κ2) is 10.2. The fourth-order valence-electron chi connectivity index (χ4n) is 3.92. The predicted molar refractivity (Wildman–Crippen MR) is 111 cm³/mol. The molecule has 2 saturated heterocycles. The minimum atomic E-state index is -4.02. The van der Waals surface area contributed by atoms with Gasteiger partial charge in [0.05, 0.1) is 17.0 Å². The predicted octanol–water partition coefficient (Wildman–Crippen LogP) is 2.77. The fourth-order valence-corrected chi connectivity index (χ4v) is 4.40. The van der Waals surface area contributed by atoms with Crippen LogP contribution in [0.25, 0.3) is 0 Å². The van der Waals surface area contributed by atoms with Gasteiger partial charge in [0.25, 0.3) is 10.1 Å². The molecule has 0 saturated carbocycles. The van der Waals surface area contributed by atoms with Gasteiger partial charge in [0.1, 0.15) is 6.04 Å². The van der Waals surface area contributed by atoms with Gasteiger partial charge in [-0.1, -0.05) is 31.5 Å². The lowest BCUT2D eigenvalue weighted by Crippen LogP contribution is -2.45. The van der Waals surface area contributed by atoms with E-state index in [1.54, 1.807) is 17.0 Å². The van der Waals surface area contributed by atoms with E-state index in [9.17, 15) is 13.2 Å². The highest BCUT2D eigenvalue weighted by Crippen LogP contribution is 2.25. The lowest BCUT2D eigenvalue weighted by molar-refractivity contribution is -0.133. The van der Waals surface area contributed by atoms with Crippen molar-refractivity contribution >= 4 is 16.0 Å². The average Bonchev–Trinajstić information content (AvgIpc) is 3.30. The maximum absolute atomic E-state index is 12.4. The first-order valence-electron chi connectivity index (χ1n) is 10.1. The monoisotopic (exact) mass is 421 g/mol. The van der Waals surface area contributed by atoms with E-state index in [2.05, 4.69) is 25.2 Å². The second-order valence-electron chi connectivity index (χ2n) is 8.30. The van der Waals surface area contributed by atoms with Gasteiger partial charge in [-0.15, -0.1) is 0 Å². The van der Waals surface area contributed by atoms with Crippen LogP contribution in [0, 0.1) is 30.1 Å². The Bertz CT molecular complexity index is 830. The molecule has 1 aromatic carbocycles. The van der Waals surface area contributed by atoms with E-state index >= 15 is 0 Å². The number of benzene rings is 1. The number of hydrogen-bond acceptors (Lipinski definition) is 5. The van der Waals surface area contributed by atoms with Crippen molar-refractivity contribution in [2.45, 2.75) is 63.4 Å². The summed E-state index contributed by atoms with van der Waals surface area (Å²) in [7, 11) is -4.02. The second-order valence-corrected chi connectivity index (χ2v) is 9.72. The van der Waals surface area contributed by atoms with Gasteiger partial charge >= 0.3 is 0 Å². The van der Waals surface area contributed by atoms with Gasteiger partial charge < -0.3 is 10.2 Å². The maximum atomic E-state index is 12.4. The van der Waals surface area contributed by atoms with Gasteiger partial charge in [0, 0.05) is 6.54 Å². The first kappa shape index (κ1) is 23.3. The lowest BCUT2D eigenvalue weighted by atomic mass is 9.94. The minimum Gasteiger partial charge on any atom is -0.325 e. The highest BCUT2D eigenvalue weighted by molar-refractivity contribution is 7.85. The van der Waals surface area contributed by atoms with Crippen LogP contribution in [0.3, 0.4) is 0 Å². The molecule has 1 amide bonds. The first-order valence-corrected chi connectivity index (χ1v) is 11.5. The number of carbonyl (C=O) groups excluding carboxylic acids is 1. The molecular weight excluding hydrogens is 390 g/mol. The van der Waals surface area contributed by atoms with E-state index in [1.807, 2.05) is 6.92 Å². The summed E-state index contributed by atoms with van der Waals surface area (Å²) in [5.41, 5.74) is 0.956. The van der Waals surface area contributed by atoms with E-state index in [4.69, 9.17) is 9.81 Å². The van der Waals surface area contributed by atoms with Crippen molar-refractivity contribution in [1.82, 2.24) is 10.2 Å². The molecule has 3 atom stereocenters. The Labute approximate surface area is 173 Å². The zero-order valence-corrected chi connectivity index (χ0v) is 18.2. The molecule has 0 unspecified atom stereocenters. The summed E-state index contributed by atoms with van der Waals surface area (Å²) in [5, 5.41) is 12.4. The summed E-state index contributed by atoms with van der Waals surface area (Å²) in [4.78, 5) is 14.1. The smallest absolute Gasteiger partial charge is 0.294 e. The third kappa shape index (κ3) is 6.81. The number of hydrogen-bond donors (Lipinski definition) is 2. The largest absolute Gasteiger partial charge is 0.325 e. The maximum Gasteiger partial charge on any atom is 0.294 e. The molecular formula is C21H31N3O4S. The Hall–Kier alpha value is -1.95. The van der Waals surface area contributed by atoms with Gasteiger partial charge in [0.2, 0.25) is 5.91 Å². The van der Waals surface area contributed by atoms with Crippen LogP contribution < -0.4 is 5.32 Å². The molecule has 2 aliphatic rings. The third-order valence-electron chi connectivity index (χ3n) is 5.33. The quantitative estimate of drug-likeness (QED) is 0.723. The Morgan fingerprint density at radius 2 is 2.00 bits per heavy atom. The summed E-state index contributed by atoms with van der Waals surface area (Å²) in [6.45, 7) is 7.99. The van der Waals surface area contributed by atoms with Crippen molar-refractivity contribution in [3.63, 3.8) is 0 Å². The van der Waals surface area contributed by atoms with Gasteiger partial charge in [-0.3, -0.25) is 9.35 Å². The summed E-state index contributed by atoms with van der Waals surface area (Å²) >= 11 is 0. The molecule has 0 spiro atoms. The normalized spacial score (nSPS) is 24.1. The molecule has 3 rings (SSSR count). The van der Waals surface area contributed by atoms with Crippen molar-refractivity contribution in [2.24, 2.45) is 11.8 Å². The number of likely N-dealkylation sites (tertiary alicyclic amines) is 1. The zero-order chi connectivity index (χ0) is 21.6. The number of nitrogens with one attached hydrogen (secondary N) is 1. The molecule has 2 N–H and O–H groups in total. The Kier molecular flexibility index (Phi) is 8.20. The van der Waals surface area contributed by atoms with Crippen LogP contribution in [0.1, 0.15) is 45.1 Å². The summed E-state index contributed by atoms with van der Waals surface area (Å²) in [6.07, 6.45) is 3.92. The van der Waals surface area contributed by atoms with E-state index in [0.717, 1.165) is 37.9 Å². The van der Waals surface area contributed by atoms with Crippen molar-refractivity contribution in [2.75, 3.05) is 13.1 Å². The molecule has 8 heteroatoms. The molecule has 7 nitrogen and oxygen atoms in total. The van der Waals surface area contributed by atoms with Crippen LogP contribution in [0.5, 0.6) is 0 Å². The number of nitriles is 1. The molecule has 2 aliphatic heterocycles. The summed E-state index contributed by atoms with van der Waals surface area (Å²) in [6, 6.07) is 7.98. The standard InChI is InChI=1S/C14H23N3O.C7H8O3S/c1-10(2)6-11-7-13(16-9-11)14(18)17-5-3-4-12(17)8-15;1-6-2-4-7(5-3-6)11(8,9)10/h10-13,16H,3-7,9H2,1-2H3;2-5H,1H3,(H,8,9,10)/t11-,12-,13-;/m0./s1. The molecule has 2 heterocycles. The van der Waals surface area contributed by atoms with Crippen molar-refractivity contribution < 1.29 is 17.8 Å². The van der Waals surface area contributed by atoms with Crippen molar-refractivity contribution in [1.29, 1.82) is 5.26 Å². The zero-order valence-electron chi connectivity index (χ0n) is 17.3. The molecule has 2 fully saturated rings. The van der Waals surface area contributed by atoms with Gasteiger partial charge in [0.15, 0.2) is 0 Å². The number of aryl methyl sites for hydroxylation is 1. The van der Waals surface area contributed by atoms with E-state index in [-0.39, 0.29) is 22.9 Å². The van der Waals surface area contributed by atoms with Gasteiger partial charge in [-0.25, -0.2) is 0 Å². The third-order valence-corrected chi connectivity index (χ3v) is 6.20. The molecule has 1 aromatic rings. The van der Waals surface area contributed by atoms with E-state index in [1.165, 1.54) is 18.6 Å². The summed E-state index contributed by atoms with van der Waals surface area (Å²) in [5.74, 6) is 1.44. The topological polar surface area (TPSA) is 111 Å². The average molecular weight is 422 g/mol. The van der Waals surface area contributed by atoms with E-state index < -0.39 is 10.1 Å². The van der Waals surface area contributed by atoms with E-state index in [0.29, 0.717) is 11.8 Å². The van der Waals surface area contributed by atoms with Gasteiger partial charge in [-0.2, -0.15) is 13.7 Å². The minimum absolute atomic E-state index is 0.0531. The van der Waals surface area contributed by atoms with Crippen LogP contribution in [-0.4, -0.2) is 49.0 Å². The molecule has 0 aliphatic carbocycles. The number of carbonyl (C=O) groups is 1. The number of amides is 1. The molecule has 29 heavy (non-hydrogen) atoms. The molecule has 0 aromatic heterocycles. The highest BCUT2D eigenvalue weighted by atomic mass is 32.2. The SMILES string of the molecule is CC(C)C[C@@H]1CN[C@H](C(=O)N2CCC[C@H]2C#N)C1.Cc1ccc(S(=O)(=O)O)cc1. The van der Waals surface area contributed by atoms with Crippen LogP contribution in [0.15, 0.2) is 29.2 Å². The van der Waals surface area contributed by atoms with Crippen molar-refractivity contribution in [3.8, 4) is 6.07 Å². The number of rotatable bonds is 4. The first-order chi connectivity index (χ1) is 13.6. The van der Waals surface area contributed by atoms with Gasteiger partial charge in [-0.05, 0) is 63.1 Å². The van der Waals surface area contributed by atoms with Crippen molar-refractivity contribution in [3.05, 3.63) is 29.8 Å². The Morgan fingerprint density at radius 1 is 1.34 bits per heavy atom. The lowest BCUT2D eigenvalue weighted by Gasteiger charge is -2.23. The Balaban J connectivity index is 0.000000234. The summed E-state index contributed by atoms with van der Waals surface area (Å²) < 4.78 is 29.6.